The number of piperazine rings is 1. The first-order valence-electron chi connectivity index (χ1n) is 13.8. The highest BCUT2D eigenvalue weighted by Crippen LogP contribution is 2.25. The summed E-state index contributed by atoms with van der Waals surface area (Å²) >= 11 is 7.64. The zero-order valence-corrected chi connectivity index (χ0v) is 24.3. The Kier molecular flexibility index (Phi) is 9.57. The minimum absolute atomic E-state index is 0.0104. The number of carbonyl (C=O) groups excluding carboxylic acids is 2. The zero-order valence-electron chi connectivity index (χ0n) is 22.7. The zero-order chi connectivity index (χ0) is 27.9. The van der Waals surface area contributed by atoms with Gasteiger partial charge < -0.3 is 15.1 Å². The minimum Gasteiger partial charge on any atom is -0.353 e. The molecule has 2 amide bonds. The van der Waals surface area contributed by atoms with E-state index in [1.807, 2.05) is 48.2 Å². The SMILES string of the molecule is CC1CN(c2cc(Cl)nc(SCC(=O)NC3CCN(Cc4ccccc4)CC3)n2)CCN1C(=O)c1ccccc1. The van der Waals surface area contributed by atoms with Crippen molar-refractivity contribution in [3.63, 3.8) is 0 Å². The first-order valence-corrected chi connectivity index (χ1v) is 15.1. The average Bonchev–Trinajstić information content (AvgIpc) is 2.97. The predicted molar refractivity (Wildman–Crippen MR) is 160 cm³/mol. The average molecular weight is 579 g/mol. The van der Waals surface area contributed by atoms with E-state index in [9.17, 15) is 9.59 Å². The topological polar surface area (TPSA) is 81.7 Å². The summed E-state index contributed by atoms with van der Waals surface area (Å²) < 4.78 is 0. The van der Waals surface area contributed by atoms with E-state index in [-0.39, 0.29) is 29.7 Å². The summed E-state index contributed by atoms with van der Waals surface area (Å²) in [6, 6.07) is 21.8. The second-order valence-electron chi connectivity index (χ2n) is 10.4. The fraction of sp³-hybridized carbons (Fsp3) is 0.400. The number of halogens is 1. The number of amides is 2. The lowest BCUT2D eigenvalue weighted by Gasteiger charge is -2.40. The summed E-state index contributed by atoms with van der Waals surface area (Å²) in [5.41, 5.74) is 2.02. The van der Waals surface area contributed by atoms with Crippen molar-refractivity contribution >= 4 is 41.0 Å². The van der Waals surface area contributed by atoms with Gasteiger partial charge in [0.05, 0.1) is 5.75 Å². The molecule has 1 unspecified atom stereocenters. The number of nitrogens with one attached hydrogen (secondary N) is 1. The summed E-state index contributed by atoms with van der Waals surface area (Å²) in [5, 5.41) is 4.00. The number of benzene rings is 2. The van der Waals surface area contributed by atoms with Crippen LogP contribution in [0, 0.1) is 0 Å². The number of nitrogens with zero attached hydrogens (tertiary/aromatic N) is 5. The van der Waals surface area contributed by atoms with Crippen LogP contribution < -0.4 is 10.2 Å². The lowest BCUT2D eigenvalue weighted by Crippen LogP contribution is -2.54. The molecule has 0 aliphatic carbocycles. The summed E-state index contributed by atoms with van der Waals surface area (Å²) in [7, 11) is 0. The molecule has 2 saturated heterocycles. The fourth-order valence-electron chi connectivity index (χ4n) is 5.30. The van der Waals surface area contributed by atoms with Gasteiger partial charge in [-0.1, -0.05) is 71.9 Å². The normalized spacial score (nSPS) is 18.5. The molecule has 1 aromatic heterocycles. The molecule has 10 heteroatoms. The monoisotopic (exact) mass is 578 g/mol. The molecule has 2 aromatic carbocycles. The third-order valence-corrected chi connectivity index (χ3v) is 8.47. The molecule has 3 heterocycles. The van der Waals surface area contributed by atoms with E-state index in [0.717, 1.165) is 32.5 Å². The number of anilines is 1. The lowest BCUT2D eigenvalue weighted by molar-refractivity contribution is -0.119. The number of carbonyl (C=O) groups is 2. The Morgan fingerprint density at radius 2 is 1.68 bits per heavy atom. The Labute approximate surface area is 245 Å². The van der Waals surface area contributed by atoms with E-state index in [1.54, 1.807) is 6.07 Å². The maximum absolute atomic E-state index is 13.0. The fourth-order valence-corrected chi connectivity index (χ4v) is 6.19. The highest BCUT2D eigenvalue weighted by atomic mass is 35.5. The van der Waals surface area contributed by atoms with Crippen molar-refractivity contribution in [2.75, 3.05) is 43.4 Å². The molecule has 0 spiro atoms. The highest BCUT2D eigenvalue weighted by Gasteiger charge is 2.29. The van der Waals surface area contributed by atoms with Gasteiger partial charge in [-0.2, -0.15) is 0 Å². The molecule has 2 aliphatic heterocycles. The van der Waals surface area contributed by atoms with Crippen molar-refractivity contribution in [2.45, 2.75) is 43.6 Å². The van der Waals surface area contributed by atoms with Gasteiger partial charge in [-0.25, -0.2) is 9.97 Å². The molecular weight excluding hydrogens is 544 g/mol. The predicted octanol–water partition coefficient (Wildman–Crippen LogP) is 4.35. The van der Waals surface area contributed by atoms with Gasteiger partial charge >= 0.3 is 0 Å². The van der Waals surface area contributed by atoms with Gasteiger partial charge in [-0.15, -0.1) is 0 Å². The molecule has 1 N–H and O–H groups in total. The van der Waals surface area contributed by atoms with Crippen LogP contribution in [0.2, 0.25) is 5.15 Å². The second kappa shape index (κ2) is 13.5. The van der Waals surface area contributed by atoms with Crippen LogP contribution in [-0.4, -0.2) is 82.1 Å². The van der Waals surface area contributed by atoms with E-state index >= 15 is 0 Å². The minimum atomic E-state index is -0.0155. The molecule has 40 heavy (non-hydrogen) atoms. The molecule has 210 valence electrons. The Morgan fingerprint density at radius 3 is 2.38 bits per heavy atom. The molecule has 0 radical (unpaired) electrons. The maximum Gasteiger partial charge on any atom is 0.254 e. The van der Waals surface area contributed by atoms with Crippen LogP contribution in [0.1, 0.15) is 35.7 Å². The van der Waals surface area contributed by atoms with Crippen molar-refractivity contribution < 1.29 is 9.59 Å². The summed E-state index contributed by atoms with van der Waals surface area (Å²) in [6.45, 7) is 6.80. The standard InChI is InChI=1S/C30H35ClN6O2S/c1-22-19-36(16-17-37(22)29(39)24-10-6-3-7-11-24)27-18-26(31)33-30(34-27)40-21-28(38)32-25-12-14-35(15-13-25)20-23-8-4-2-5-9-23/h2-11,18,22,25H,12-17,19-21H2,1H3,(H,32,38). The summed E-state index contributed by atoms with van der Waals surface area (Å²) in [4.78, 5) is 41.2. The number of rotatable bonds is 8. The Morgan fingerprint density at radius 1 is 0.975 bits per heavy atom. The molecule has 2 aliphatic rings. The molecular formula is C30H35ClN6O2S. The van der Waals surface area contributed by atoms with Crippen molar-refractivity contribution in [1.29, 1.82) is 0 Å². The first kappa shape index (κ1) is 28.4. The van der Waals surface area contributed by atoms with Crippen molar-refractivity contribution in [3.05, 3.63) is 83.0 Å². The molecule has 1 atom stereocenters. The van der Waals surface area contributed by atoms with Gasteiger partial charge in [0.15, 0.2) is 5.16 Å². The summed E-state index contributed by atoms with van der Waals surface area (Å²) in [5.74, 6) is 0.975. The van der Waals surface area contributed by atoms with Crippen molar-refractivity contribution in [2.24, 2.45) is 0 Å². The van der Waals surface area contributed by atoms with Crippen LogP contribution in [0.15, 0.2) is 71.9 Å². The van der Waals surface area contributed by atoms with E-state index in [2.05, 4.69) is 44.4 Å². The molecule has 0 saturated carbocycles. The number of thioether (sulfide) groups is 1. The maximum atomic E-state index is 13.0. The number of hydrogen-bond donors (Lipinski definition) is 1. The quantitative estimate of drug-likeness (QED) is 0.242. The Balaban J connectivity index is 1.09. The van der Waals surface area contributed by atoms with Crippen LogP contribution in [0.3, 0.4) is 0 Å². The van der Waals surface area contributed by atoms with E-state index < -0.39 is 0 Å². The molecule has 0 bridgehead atoms. The number of hydrogen-bond acceptors (Lipinski definition) is 7. The van der Waals surface area contributed by atoms with E-state index in [1.165, 1.54) is 17.3 Å². The van der Waals surface area contributed by atoms with E-state index in [0.29, 0.717) is 41.3 Å². The molecule has 5 rings (SSSR count). The number of piperidine rings is 1. The Hall–Kier alpha value is -3.14. The van der Waals surface area contributed by atoms with Gasteiger partial charge in [0.2, 0.25) is 5.91 Å². The van der Waals surface area contributed by atoms with Crippen molar-refractivity contribution in [3.8, 4) is 0 Å². The highest BCUT2D eigenvalue weighted by molar-refractivity contribution is 7.99. The third-order valence-electron chi connectivity index (χ3n) is 7.43. The smallest absolute Gasteiger partial charge is 0.254 e. The molecule has 2 fully saturated rings. The van der Waals surface area contributed by atoms with E-state index in [4.69, 9.17) is 16.6 Å². The molecule has 8 nitrogen and oxygen atoms in total. The number of likely N-dealkylation sites (tertiary alicyclic amines) is 1. The van der Waals surface area contributed by atoms with Crippen LogP contribution in [-0.2, 0) is 11.3 Å². The third kappa shape index (κ3) is 7.53. The lowest BCUT2D eigenvalue weighted by atomic mass is 10.0. The van der Waals surface area contributed by atoms with Gasteiger partial charge in [0.1, 0.15) is 11.0 Å². The van der Waals surface area contributed by atoms with Crippen LogP contribution in [0.5, 0.6) is 0 Å². The number of aromatic nitrogens is 2. The summed E-state index contributed by atoms with van der Waals surface area (Å²) in [6.07, 6.45) is 1.88. The molecule has 3 aromatic rings. The van der Waals surface area contributed by atoms with Gasteiger partial charge in [-0.3, -0.25) is 14.5 Å². The second-order valence-corrected chi connectivity index (χ2v) is 11.7. The largest absolute Gasteiger partial charge is 0.353 e. The van der Waals surface area contributed by atoms with Crippen LogP contribution in [0.25, 0.3) is 0 Å². The van der Waals surface area contributed by atoms with Gasteiger partial charge in [0, 0.05) is 63.0 Å². The van der Waals surface area contributed by atoms with Crippen LogP contribution >= 0.6 is 23.4 Å². The van der Waals surface area contributed by atoms with Gasteiger partial charge in [0.25, 0.3) is 5.91 Å². The van der Waals surface area contributed by atoms with Gasteiger partial charge in [-0.05, 0) is 37.5 Å². The Bertz CT molecular complexity index is 1290. The van der Waals surface area contributed by atoms with Crippen LogP contribution in [0.4, 0.5) is 5.82 Å². The van der Waals surface area contributed by atoms with Crippen molar-refractivity contribution in [1.82, 2.24) is 25.1 Å². The first-order chi connectivity index (χ1) is 19.4.